The van der Waals surface area contributed by atoms with E-state index in [0.717, 1.165) is 11.1 Å². The fourth-order valence-corrected chi connectivity index (χ4v) is 3.31. The standard InChI is InChI=1S/C21H22N6O3/c1-22-18(12-7-5-4-6-8-12)21(28)26-15-11-23-27-19(15)20-24-13-9-16(29-2)17(30-3)10-14(13)25-20/h4-11,18,22H,1-3H3,(H,23,27)(H,24,25)(H,26,28). The van der Waals surface area contributed by atoms with Gasteiger partial charge in [0.15, 0.2) is 23.0 Å². The summed E-state index contributed by atoms with van der Waals surface area (Å²) in [5, 5.41) is 13.0. The normalized spacial score (nSPS) is 12.0. The molecule has 9 nitrogen and oxygen atoms in total. The summed E-state index contributed by atoms with van der Waals surface area (Å²) in [5.41, 5.74) is 3.35. The molecule has 30 heavy (non-hydrogen) atoms. The van der Waals surface area contributed by atoms with Gasteiger partial charge in [-0.25, -0.2) is 4.98 Å². The van der Waals surface area contributed by atoms with Gasteiger partial charge in [-0.15, -0.1) is 0 Å². The number of nitrogens with zero attached hydrogens (tertiary/aromatic N) is 2. The van der Waals surface area contributed by atoms with E-state index in [1.54, 1.807) is 33.5 Å². The Labute approximate surface area is 172 Å². The molecule has 0 aliphatic heterocycles. The molecule has 0 radical (unpaired) electrons. The highest BCUT2D eigenvalue weighted by Crippen LogP contribution is 2.33. The third kappa shape index (κ3) is 3.58. The van der Waals surface area contributed by atoms with Gasteiger partial charge in [0.05, 0.1) is 30.9 Å². The number of fused-ring (bicyclic) bond motifs is 1. The summed E-state index contributed by atoms with van der Waals surface area (Å²) in [7, 11) is 4.89. The van der Waals surface area contributed by atoms with Crippen LogP contribution >= 0.6 is 0 Å². The average Bonchev–Trinajstić information content (AvgIpc) is 3.39. The number of aromatic amines is 2. The number of carbonyl (C=O) groups excluding carboxylic acids is 1. The summed E-state index contributed by atoms with van der Waals surface area (Å²) in [4.78, 5) is 20.7. The number of methoxy groups -OCH3 is 2. The molecular weight excluding hydrogens is 384 g/mol. The van der Waals surface area contributed by atoms with Crippen molar-refractivity contribution in [1.82, 2.24) is 25.5 Å². The van der Waals surface area contributed by atoms with Gasteiger partial charge in [-0.1, -0.05) is 30.3 Å². The van der Waals surface area contributed by atoms with Crippen molar-refractivity contribution < 1.29 is 14.3 Å². The predicted molar refractivity (Wildman–Crippen MR) is 114 cm³/mol. The Morgan fingerprint density at radius 3 is 2.53 bits per heavy atom. The van der Waals surface area contributed by atoms with Gasteiger partial charge in [-0.3, -0.25) is 9.89 Å². The highest BCUT2D eigenvalue weighted by Gasteiger charge is 2.22. The molecule has 1 amide bonds. The van der Waals surface area contributed by atoms with Crippen molar-refractivity contribution in [1.29, 1.82) is 0 Å². The Morgan fingerprint density at radius 2 is 1.83 bits per heavy atom. The topological polar surface area (TPSA) is 117 Å². The summed E-state index contributed by atoms with van der Waals surface area (Å²) in [6.07, 6.45) is 1.62. The van der Waals surface area contributed by atoms with E-state index in [2.05, 4.69) is 30.8 Å². The molecule has 4 aromatic rings. The van der Waals surface area contributed by atoms with Gasteiger partial charge >= 0.3 is 0 Å². The zero-order chi connectivity index (χ0) is 21.1. The van der Waals surface area contributed by atoms with Crippen LogP contribution in [0.4, 0.5) is 5.69 Å². The first-order valence-corrected chi connectivity index (χ1v) is 9.33. The first-order valence-electron chi connectivity index (χ1n) is 9.33. The molecule has 1 unspecified atom stereocenters. The van der Waals surface area contributed by atoms with Gasteiger partial charge in [0, 0.05) is 18.3 Å². The lowest BCUT2D eigenvalue weighted by molar-refractivity contribution is -0.118. The molecule has 0 aliphatic rings. The molecule has 4 rings (SSSR count). The molecule has 9 heteroatoms. The molecule has 154 valence electrons. The Hall–Kier alpha value is -3.85. The van der Waals surface area contributed by atoms with Crippen LogP contribution in [0.5, 0.6) is 11.5 Å². The number of hydrogen-bond acceptors (Lipinski definition) is 6. The van der Waals surface area contributed by atoms with Crippen LogP contribution in [0.25, 0.3) is 22.6 Å². The molecule has 1 atom stereocenters. The van der Waals surface area contributed by atoms with E-state index < -0.39 is 6.04 Å². The second-order valence-corrected chi connectivity index (χ2v) is 6.58. The number of ether oxygens (including phenoxy) is 2. The van der Waals surface area contributed by atoms with Crippen molar-refractivity contribution in [3.05, 3.63) is 54.2 Å². The van der Waals surface area contributed by atoms with Gasteiger partial charge in [0.1, 0.15) is 6.04 Å². The van der Waals surface area contributed by atoms with Crippen LogP contribution in [0.1, 0.15) is 11.6 Å². The monoisotopic (exact) mass is 406 g/mol. The number of nitrogens with one attached hydrogen (secondary N) is 4. The van der Waals surface area contributed by atoms with Crippen LogP contribution in [0, 0.1) is 0 Å². The highest BCUT2D eigenvalue weighted by atomic mass is 16.5. The number of aromatic nitrogens is 4. The van der Waals surface area contributed by atoms with Crippen LogP contribution < -0.4 is 20.1 Å². The number of carbonyl (C=O) groups is 1. The summed E-state index contributed by atoms with van der Waals surface area (Å²) in [5.74, 6) is 1.48. The summed E-state index contributed by atoms with van der Waals surface area (Å²) in [6, 6.07) is 12.6. The van der Waals surface area contributed by atoms with Crippen molar-refractivity contribution >= 4 is 22.6 Å². The number of likely N-dealkylation sites (N-methyl/N-ethyl adjacent to an activating group) is 1. The maximum Gasteiger partial charge on any atom is 0.246 e. The fraction of sp³-hybridized carbons (Fsp3) is 0.190. The van der Waals surface area contributed by atoms with Gasteiger partial charge in [-0.2, -0.15) is 5.10 Å². The minimum absolute atomic E-state index is 0.203. The average molecular weight is 406 g/mol. The second kappa shape index (κ2) is 8.26. The summed E-state index contributed by atoms with van der Waals surface area (Å²) >= 11 is 0. The van der Waals surface area contributed by atoms with Gasteiger partial charge < -0.3 is 25.1 Å². The molecule has 0 fully saturated rings. The van der Waals surface area contributed by atoms with E-state index in [1.165, 1.54) is 0 Å². The minimum Gasteiger partial charge on any atom is -0.493 e. The second-order valence-electron chi connectivity index (χ2n) is 6.58. The molecular formula is C21H22N6O3. The predicted octanol–water partition coefficient (Wildman–Crippen LogP) is 2.87. The maximum absolute atomic E-state index is 12.9. The number of amides is 1. The van der Waals surface area contributed by atoms with E-state index in [1.807, 2.05) is 36.4 Å². The smallest absolute Gasteiger partial charge is 0.246 e. The number of benzene rings is 2. The molecule has 0 bridgehead atoms. The van der Waals surface area contributed by atoms with Crippen molar-refractivity contribution in [3.8, 4) is 23.0 Å². The van der Waals surface area contributed by atoms with E-state index >= 15 is 0 Å². The maximum atomic E-state index is 12.9. The van der Waals surface area contributed by atoms with Crippen molar-refractivity contribution in [2.24, 2.45) is 0 Å². The molecule has 2 heterocycles. The zero-order valence-electron chi connectivity index (χ0n) is 16.8. The van der Waals surface area contributed by atoms with Crippen molar-refractivity contribution in [3.63, 3.8) is 0 Å². The van der Waals surface area contributed by atoms with Gasteiger partial charge in [0.2, 0.25) is 5.91 Å². The number of hydrogen-bond donors (Lipinski definition) is 4. The molecule has 2 aromatic carbocycles. The fourth-order valence-electron chi connectivity index (χ4n) is 3.31. The molecule has 0 spiro atoms. The van der Waals surface area contributed by atoms with Crippen LogP contribution in [-0.2, 0) is 4.79 Å². The van der Waals surface area contributed by atoms with Crippen molar-refractivity contribution in [2.45, 2.75) is 6.04 Å². The zero-order valence-corrected chi connectivity index (χ0v) is 16.8. The van der Waals surface area contributed by atoms with Crippen LogP contribution in [0.2, 0.25) is 0 Å². The minimum atomic E-state index is -0.502. The van der Waals surface area contributed by atoms with E-state index in [9.17, 15) is 4.79 Å². The Kier molecular flexibility index (Phi) is 5.36. The summed E-state index contributed by atoms with van der Waals surface area (Å²) in [6.45, 7) is 0. The molecule has 2 aromatic heterocycles. The first kappa shape index (κ1) is 19.5. The molecule has 0 aliphatic carbocycles. The third-order valence-corrected chi connectivity index (χ3v) is 4.79. The Bertz CT molecular complexity index is 1130. The Balaban J connectivity index is 1.64. The molecule has 0 saturated heterocycles. The lowest BCUT2D eigenvalue weighted by atomic mass is 10.1. The molecule has 4 N–H and O–H groups in total. The largest absolute Gasteiger partial charge is 0.493 e. The number of H-pyrrole nitrogens is 2. The lowest BCUT2D eigenvalue weighted by Crippen LogP contribution is -2.30. The number of anilines is 1. The van der Waals surface area contributed by atoms with Crippen LogP contribution in [0.15, 0.2) is 48.7 Å². The quantitative estimate of drug-likeness (QED) is 0.375. The van der Waals surface area contributed by atoms with Crippen LogP contribution in [0.3, 0.4) is 0 Å². The first-order chi connectivity index (χ1) is 14.6. The van der Waals surface area contributed by atoms with Gasteiger partial charge in [0.25, 0.3) is 0 Å². The molecule has 0 saturated carbocycles. The van der Waals surface area contributed by atoms with E-state index in [4.69, 9.17) is 9.47 Å². The van der Waals surface area contributed by atoms with Gasteiger partial charge in [-0.05, 0) is 12.6 Å². The SMILES string of the molecule is CNC(C(=O)Nc1c[nH]nc1-c1nc2cc(OC)c(OC)cc2[nH]1)c1ccccc1. The lowest BCUT2D eigenvalue weighted by Gasteiger charge is -2.16. The summed E-state index contributed by atoms with van der Waals surface area (Å²) < 4.78 is 10.7. The number of imidazole rings is 1. The Morgan fingerprint density at radius 1 is 1.10 bits per heavy atom. The van der Waals surface area contributed by atoms with E-state index in [0.29, 0.717) is 34.2 Å². The van der Waals surface area contributed by atoms with Crippen molar-refractivity contribution in [2.75, 3.05) is 26.6 Å². The van der Waals surface area contributed by atoms with E-state index in [-0.39, 0.29) is 5.91 Å². The third-order valence-electron chi connectivity index (χ3n) is 4.79. The van der Waals surface area contributed by atoms with Crippen LogP contribution in [-0.4, -0.2) is 47.3 Å². The highest BCUT2D eigenvalue weighted by molar-refractivity contribution is 5.98. The number of rotatable bonds is 7.